The lowest BCUT2D eigenvalue weighted by atomic mass is 10.0. The predicted octanol–water partition coefficient (Wildman–Crippen LogP) is 2.90. The van der Waals surface area contributed by atoms with E-state index in [0.29, 0.717) is 29.7 Å². The van der Waals surface area contributed by atoms with Gasteiger partial charge >= 0.3 is 5.97 Å². The van der Waals surface area contributed by atoms with E-state index in [1.165, 1.54) is 0 Å². The van der Waals surface area contributed by atoms with Gasteiger partial charge in [0, 0.05) is 11.9 Å². The largest absolute Gasteiger partial charge is 0.478 e. The van der Waals surface area contributed by atoms with Crippen LogP contribution in [0, 0.1) is 0 Å². The lowest BCUT2D eigenvalue weighted by molar-refractivity contribution is 0.0635. The van der Waals surface area contributed by atoms with Crippen molar-refractivity contribution < 1.29 is 15.0 Å². The molecule has 1 heterocycles. The molecule has 1 unspecified atom stereocenters. The quantitative estimate of drug-likeness (QED) is 0.761. The molecule has 2 rings (SSSR count). The van der Waals surface area contributed by atoms with Crippen molar-refractivity contribution in [2.24, 2.45) is 0 Å². The molecular formula is C16H20N2O3. The summed E-state index contributed by atoms with van der Waals surface area (Å²) in [5.41, 5.74) is 0.0773. The summed E-state index contributed by atoms with van der Waals surface area (Å²) >= 11 is 0. The highest BCUT2D eigenvalue weighted by atomic mass is 16.4. The zero-order chi connectivity index (χ0) is 15.5. The standard InChI is InChI=1S/C16H20N2O3/c1-3-9-16(2,21)10-17-14-8-7-11-12(15(19)20)5-4-6-13(11)18-14/h4-8,21H,3,9-10H2,1-2H3,(H,17,18)(H,19,20). The van der Waals surface area contributed by atoms with Gasteiger partial charge in [0.1, 0.15) is 5.82 Å². The number of fused-ring (bicyclic) bond motifs is 1. The van der Waals surface area contributed by atoms with Crippen molar-refractivity contribution in [3.63, 3.8) is 0 Å². The molecule has 112 valence electrons. The molecule has 0 fully saturated rings. The number of carboxylic acids is 1. The number of nitrogens with one attached hydrogen (secondary N) is 1. The molecule has 1 aromatic carbocycles. The van der Waals surface area contributed by atoms with Gasteiger partial charge in [0.25, 0.3) is 0 Å². The summed E-state index contributed by atoms with van der Waals surface area (Å²) < 4.78 is 0. The number of aliphatic hydroxyl groups is 1. The normalized spacial score (nSPS) is 13.9. The van der Waals surface area contributed by atoms with Crippen LogP contribution in [-0.2, 0) is 0 Å². The van der Waals surface area contributed by atoms with Crippen LogP contribution in [0.5, 0.6) is 0 Å². The predicted molar refractivity (Wildman–Crippen MR) is 82.7 cm³/mol. The molecule has 0 aliphatic heterocycles. The third-order valence-corrected chi connectivity index (χ3v) is 3.40. The van der Waals surface area contributed by atoms with E-state index < -0.39 is 11.6 Å². The van der Waals surface area contributed by atoms with Crippen LogP contribution >= 0.6 is 0 Å². The van der Waals surface area contributed by atoms with Crippen LogP contribution in [0.2, 0.25) is 0 Å². The van der Waals surface area contributed by atoms with Gasteiger partial charge in [0.2, 0.25) is 0 Å². The highest BCUT2D eigenvalue weighted by molar-refractivity contribution is 6.02. The Morgan fingerprint density at radius 2 is 2.10 bits per heavy atom. The SMILES string of the molecule is CCCC(C)(O)CNc1ccc2c(C(=O)O)cccc2n1. The van der Waals surface area contributed by atoms with E-state index in [2.05, 4.69) is 10.3 Å². The Bertz CT molecular complexity index is 653. The van der Waals surface area contributed by atoms with Gasteiger partial charge in [-0.3, -0.25) is 0 Å². The number of rotatable bonds is 6. The van der Waals surface area contributed by atoms with Gasteiger partial charge in [-0.25, -0.2) is 9.78 Å². The number of hydrogen-bond donors (Lipinski definition) is 3. The minimum Gasteiger partial charge on any atom is -0.478 e. The Morgan fingerprint density at radius 1 is 1.33 bits per heavy atom. The number of aromatic carboxylic acids is 1. The molecule has 1 aromatic heterocycles. The summed E-state index contributed by atoms with van der Waals surface area (Å²) in [5.74, 6) is -0.338. The number of carbonyl (C=O) groups is 1. The van der Waals surface area contributed by atoms with E-state index in [4.69, 9.17) is 5.11 Å². The summed E-state index contributed by atoms with van der Waals surface area (Å²) in [7, 11) is 0. The fraction of sp³-hybridized carbons (Fsp3) is 0.375. The Balaban J connectivity index is 2.22. The van der Waals surface area contributed by atoms with E-state index in [-0.39, 0.29) is 5.56 Å². The minimum atomic E-state index is -0.964. The number of anilines is 1. The van der Waals surface area contributed by atoms with E-state index in [1.807, 2.05) is 6.92 Å². The second-order valence-electron chi connectivity index (χ2n) is 5.47. The van der Waals surface area contributed by atoms with Crippen LogP contribution in [0.4, 0.5) is 5.82 Å². The van der Waals surface area contributed by atoms with E-state index in [1.54, 1.807) is 37.3 Å². The van der Waals surface area contributed by atoms with Gasteiger partial charge in [-0.1, -0.05) is 19.4 Å². The molecule has 0 saturated carbocycles. The van der Waals surface area contributed by atoms with Crippen molar-refractivity contribution >= 4 is 22.7 Å². The molecular weight excluding hydrogens is 268 g/mol. The molecule has 0 spiro atoms. The van der Waals surface area contributed by atoms with E-state index >= 15 is 0 Å². The van der Waals surface area contributed by atoms with Crippen LogP contribution in [0.25, 0.3) is 10.9 Å². The first-order chi connectivity index (χ1) is 9.93. The van der Waals surface area contributed by atoms with Gasteiger partial charge < -0.3 is 15.5 Å². The van der Waals surface area contributed by atoms with Crippen molar-refractivity contribution in [1.82, 2.24) is 4.98 Å². The third kappa shape index (κ3) is 3.70. The highest BCUT2D eigenvalue weighted by Gasteiger charge is 2.18. The van der Waals surface area contributed by atoms with E-state index in [0.717, 1.165) is 6.42 Å². The molecule has 5 nitrogen and oxygen atoms in total. The van der Waals surface area contributed by atoms with Gasteiger partial charge in [0.15, 0.2) is 0 Å². The number of pyridine rings is 1. The van der Waals surface area contributed by atoms with Gasteiger partial charge in [-0.15, -0.1) is 0 Å². The average Bonchev–Trinajstić information content (AvgIpc) is 2.44. The van der Waals surface area contributed by atoms with Crippen LogP contribution < -0.4 is 5.32 Å². The Hall–Kier alpha value is -2.14. The van der Waals surface area contributed by atoms with Gasteiger partial charge in [-0.05, 0) is 37.6 Å². The zero-order valence-corrected chi connectivity index (χ0v) is 12.3. The Kier molecular flexibility index (Phi) is 4.43. The number of aromatic nitrogens is 1. The topological polar surface area (TPSA) is 82.5 Å². The van der Waals surface area contributed by atoms with Crippen LogP contribution in [-0.4, -0.2) is 33.3 Å². The van der Waals surface area contributed by atoms with Crippen molar-refractivity contribution in [1.29, 1.82) is 0 Å². The summed E-state index contributed by atoms with van der Waals surface area (Å²) in [5, 5.41) is 23.0. The molecule has 0 bridgehead atoms. The maximum Gasteiger partial charge on any atom is 0.336 e. The fourth-order valence-electron chi connectivity index (χ4n) is 2.35. The smallest absolute Gasteiger partial charge is 0.336 e. The zero-order valence-electron chi connectivity index (χ0n) is 12.3. The molecule has 2 aromatic rings. The molecule has 5 heteroatoms. The fourth-order valence-corrected chi connectivity index (χ4v) is 2.35. The number of carboxylic acid groups (broad SMARTS) is 1. The van der Waals surface area contributed by atoms with E-state index in [9.17, 15) is 9.90 Å². The molecule has 0 amide bonds. The summed E-state index contributed by atoms with van der Waals surface area (Å²) in [6.07, 6.45) is 1.61. The molecule has 3 N–H and O–H groups in total. The van der Waals surface area contributed by atoms with Crippen molar-refractivity contribution in [3.05, 3.63) is 35.9 Å². The molecule has 1 atom stereocenters. The minimum absolute atomic E-state index is 0.240. The van der Waals surface area contributed by atoms with Crippen LogP contribution in [0.15, 0.2) is 30.3 Å². The second kappa shape index (κ2) is 6.10. The Morgan fingerprint density at radius 3 is 2.76 bits per heavy atom. The third-order valence-electron chi connectivity index (χ3n) is 3.40. The monoisotopic (exact) mass is 288 g/mol. The number of hydrogen-bond acceptors (Lipinski definition) is 4. The van der Waals surface area contributed by atoms with Crippen molar-refractivity contribution in [3.8, 4) is 0 Å². The average molecular weight is 288 g/mol. The first-order valence-electron chi connectivity index (χ1n) is 7.02. The molecule has 0 radical (unpaired) electrons. The summed E-state index contributed by atoms with van der Waals surface area (Å²) in [6.45, 7) is 4.21. The van der Waals surface area contributed by atoms with Crippen molar-refractivity contribution in [2.75, 3.05) is 11.9 Å². The highest BCUT2D eigenvalue weighted by Crippen LogP contribution is 2.20. The maximum atomic E-state index is 11.2. The number of nitrogens with zero attached hydrogens (tertiary/aromatic N) is 1. The molecule has 0 aliphatic carbocycles. The first-order valence-corrected chi connectivity index (χ1v) is 7.02. The lowest BCUT2D eigenvalue weighted by Gasteiger charge is -2.23. The maximum absolute atomic E-state index is 11.2. The molecule has 0 saturated heterocycles. The Labute approximate surface area is 123 Å². The van der Waals surface area contributed by atoms with Crippen LogP contribution in [0.3, 0.4) is 0 Å². The van der Waals surface area contributed by atoms with Gasteiger partial charge in [0.05, 0.1) is 16.7 Å². The first kappa shape index (κ1) is 15.3. The number of benzene rings is 1. The second-order valence-corrected chi connectivity index (χ2v) is 5.47. The van der Waals surface area contributed by atoms with Gasteiger partial charge in [-0.2, -0.15) is 0 Å². The lowest BCUT2D eigenvalue weighted by Crippen LogP contribution is -2.33. The molecule has 21 heavy (non-hydrogen) atoms. The summed E-state index contributed by atoms with van der Waals surface area (Å²) in [6, 6.07) is 8.48. The van der Waals surface area contributed by atoms with Crippen LogP contribution in [0.1, 0.15) is 37.0 Å². The van der Waals surface area contributed by atoms with Crippen molar-refractivity contribution in [2.45, 2.75) is 32.3 Å². The summed E-state index contributed by atoms with van der Waals surface area (Å²) in [4.78, 5) is 15.5. The molecule has 0 aliphatic rings.